The Bertz CT molecular complexity index is 300. The minimum atomic E-state index is -2.94. The van der Waals surface area contributed by atoms with Crippen molar-refractivity contribution in [2.75, 3.05) is 0 Å². The summed E-state index contributed by atoms with van der Waals surface area (Å²) in [6.45, 7) is 4.20. The summed E-state index contributed by atoms with van der Waals surface area (Å²) in [5, 5.41) is 9.06. The molecule has 0 heterocycles. The lowest BCUT2D eigenvalue weighted by Gasteiger charge is -2.37. The number of rotatable bonds is 2. The lowest BCUT2D eigenvalue weighted by atomic mass is 10.1. The van der Waals surface area contributed by atoms with Crippen LogP contribution in [0, 0.1) is 0 Å². The number of urea groups is 1. The quantitative estimate of drug-likeness (QED) is 0.466. The standard InChI is InChI=1S/C7H11Cl2FN2O3S/c1-6(2,3)12(4(11)13,5(14)15)16-7(8,9)10/h1-3H3,(H2-,11,13,14,15)/p+1. The average molecular weight is 294 g/mol. The van der Waals surface area contributed by atoms with E-state index in [2.05, 4.69) is 0 Å². The molecule has 0 aromatic carbocycles. The van der Waals surface area contributed by atoms with Gasteiger partial charge in [-0.05, 0) is 44.0 Å². The molecule has 3 amide bonds. The van der Waals surface area contributed by atoms with E-state index in [4.69, 9.17) is 34.0 Å². The Labute approximate surface area is 106 Å². The highest BCUT2D eigenvalue weighted by atomic mass is 35.5. The van der Waals surface area contributed by atoms with E-state index in [9.17, 15) is 14.0 Å². The maximum Gasteiger partial charge on any atom is 0.535 e. The molecule has 0 spiro atoms. The molecule has 9 heteroatoms. The Kier molecular flexibility index (Phi) is 4.49. The first kappa shape index (κ1) is 15.8. The second kappa shape index (κ2) is 4.56. The molecule has 94 valence electrons. The van der Waals surface area contributed by atoms with E-state index in [0.717, 1.165) is 0 Å². The van der Waals surface area contributed by atoms with Crippen LogP contribution in [0.2, 0.25) is 0 Å². The number of hydrogen-bond acceptors (Lipinski definition) is 3. The zero-order valence-electron chi connectivity index (χ0n) is 8.83. The predicted octanol–water partition coefficient (Wildman–Crippen LogP) is 3.07. The minimum absolute atomic E-state index is 0.0999. The molecular weight excluding hydrogens is 282 g/mol. The number of primary amides is 1. The average Bonchev–Trinajstić information content (AvgIpc) is 1.94. The van der Waals surface area contributed by atoms with Crippen molar-refractivity contribution in [2.45, 2.75) is 30.2 Å². The third-order valence-electron chi connectivity index (χ3n) is 1.76. The number of carbonyl (C=O) groups is 2. The zero-order valence-corrected chi connectivity index (χ0v) is 11.2. The predicted molar refractivity (Wildman–Crippen MR) is 60.8 cm³/mol. The van der Waals surface area contributed by atoms with E-state index < -0.39 is 25.5 Å². The van der Waals surface area contributed by atoms with E-state index in [1.807, 2.05) is 0 Å². The van der Waals surface area contributed by atoms with Crippen LogP contribution in [0.3, 0.4) is 0 Å². The summed E-state index contributed by atoms with van der Waals surface area (Å²) in [6, 6.07) is -1.27. The van der Waals surface area contributed by atoms with Gasteiger partial charge in [0.25, 0.3) is 0 Å². The number of quaternary nitrogens is 1. The fourth-order valence-corrected chi connectivity index (χ4v) is 2.46. The summed E-state index contributed by atoms with van der Waals surface area (Å²) in [4.78, 5) is 22.5. The highest BCUT2D eigenvalue weighted by molar-refractivity contribution is 7.98. The van der Waals surface area contributed by atoms with Crippen LogP contribution in [-0.4, -0.2) is 30.6 Å². The van der Waals surface area contributed by atoms with Crippen LogP contribution in [-0.2, 0) is 0 Å². The fraction of sp³-hybridized carbons (Fsp3) is 0.714. The molecule has 0 radical (unpaired) electrons. The van der Waals surface area contributed by atoms with Gasteiger partial charge in [0.05, 0.1) is 0 Å². The number of hydrogen-bond donors (Lipinski definition) is 2. The van der Waals surface area contributed by atoms with Crippen LogP contribution in [0.5, 0.6) is 0 Å². The first-order valence-corrected chi connectivity index (χ1v) is 5.57. The maximum atomic E-state index is 13.1. The van der Waals surface area contributed by atoms with Crippen LogP contribution in [0.25, 0.3) is 0 Å². The van der Waals surface area contributed by atoms with E-state index in [1.165, 1.54) is 20.8 Å². The molecule has 0 bridgehead atoms. The van der Waals surface area contributed by atoms with Crippen LogP contribution >= 0.6 is 35.1 Å². The smallest absolute Gasteiger partial charge is 0.434 e. The van der Waals surface area contributed by atoms with Gasteiger partial charge in [-0.2, -0.15) is 9.18 Å². The van der Waals surface area contributed by atoms with Gasteiger partial charge in [-0.25, -0.2) is 4.79 Å². The molecule has 0 rings (SSSR count). The van der Waals surface area contributed by atoms with Gasteiger partial charge in [0.1, 0.15) is 5.54 Å². The van der Waals surface area contributed by atoms with E-state index in [0.29, 0.717) is 0 Å². The number of imide groups is 1. The zero-order chi connectivity index (χ0) is 13.4. The lowest BCUT2D eigenvalue weighted by Crippen LogP contribution is -2.64. The van der Waals surface area contributed by atoms with Crippen molar-refractivity contribution in [3.8, 4) is 0 Å². The fourth-order valence-electron chi connectivity index (χ4n) is 1.09. The summed E-state index contributed by atoms with van der Waals surface area (Å²) in [6.07, 6.45) is -1.65. The Morgan fingerprint density at radius 2 is 1.75 bits per heavy atom. The van der Waals surface area contributed by atoms with Gasteiger partial charge in [-0.3, -0.25) is 0 Å². The van der Waals surface area contributed by atoms with Gasteiger partial charge in [0.15, 0.2) is 11.9 Å². The molecule has 5 nitrogen and oxygen atoms in total. The molecule has 0 aromatic heterocycles. The maximum absolute atomic E-state index is 13.1. The SMILES string of the molecule is CC(C)(C)[N+](SC(F)(Cl)Cl)(C(N)=O)C(=O)O. The van der Waals surface area contributed by atoms with Crippen LogP contribution in [0.4, 0.5) is 14.0 Å². The van der Waals surface area contributed by atoms with E-state index in [-0.39, 0.29) is 11.9 Å². The number of carboxylic acid groups (broad SMARTS) is 1. The first-order chi connectivity index (χ1) is 6.84. The number of alkyl halides is 3. The molecule has 1 unspecified atom stereocenters. The van der Waals surface area contributed by atoms with Gasteiger partial charge in [-0.15, -0.1) is 0 Å². The van der Waals surface area contributed by atoms with Gasteiger partial charge >= 0.3 is 16.0 Å². The van der Waals surface area contributed by atoms with Crippen LogP contribution < -0.4 is 5.73 Å². The lowest BCUT2D eigenvalue weighted by molar-refractivity contribution is -0.690. The Balaban J connectivity index is 5.66. The third kappa shape index (κ3) is 3.13. The molecule has 0 aliphatic rings. The molecule has 0 aliphatic heterocycles. The number of nitrogens with zero attached hydrogens (tertiary/aromatic N) is 1. The Morgan fingerprint density at radius 1 is 1.38 bits per heavy atom. The molecule has 3 N–H and O–H groups in total. The van der Waals surface area contributed by atoms with Crippen molar-refractivity contribution in [3.63, 3.8) is 0 Å². The van der Waals surface area contributed by atoms with Crippen molar-refractivity contribution in [1.82, 2.24) is 0 Å². The van der Waals surface area contributed by atoms with Crippen molar-refractivity contribution >= 4 is 47.3 Å². The number of carbonyl (C=O) groups excluding carboxylic acids is 1. The summed E-state index contributed by atoms with van der Waals surface area (Å²) < 4.78 is 8.72. The minimum Gasteiger partial charge on any atom is -0.434 e. The summed E-state index contributed by atoms with van der Waals surface area (Å²) >= 11 is 10.1. The second-order valence-corrected chi connectivity index (χ2v) is 6.91. The van der Waals surface area contributed by atoms with Crippen molar-refractivity contribution in [2.24, 2.45) is 5.73 Å². The molecule has 0 aliphatic carbocycles. The Hall–Kier alpha value is -0.240. The normalized spacial score (nSPS) is 16.6. The van der Waals surface area contributed by atoms with E-state index >= 15 is 0 Å². The molecule has 0 saturated carbocycles. The first-order valence-electron chi connectivity index (χ1n) is 4.04. The second-order valence-electron chi connectivity index (χ2n) is 3.94. The van der Waals surface area contributed by atoms with Crippen LogP contribution in [0.1, 0.15) is 20.8 Å². The summed E-state index contributed by atoms with van der Waals surface area (Å²) in [5.41, 5.74) is 3.79. The summed E-state index contributed by atoms with van der Waals surface area (Å²) in [5.74, 6) is 0. The number of amides is 3. The molecule has 1 atom stereocenters. The highest BCUT2D eigenvalue weighted by Crippen LogP contribution is 2.47. The largest absolute Gasteiger partial charge is 0.535 e. The van der Waals surface area contributed by atoms with Crippen molar-refractivity contribution < 1.29 is 23.0 Å². The van der Waals surface area contributed by atoms with Crippen molar-refractivity contribution in [3.05, 3.63) is 0 Å². The third-order valence-corrected chi connectivity index (χ3v) is 3.54. The molecule has 0 saturated heterocycles. The molecule has 16 heavy (non-hydrogen) atoms. The Morgan fingerprint density at radius 3 is 1.81 bits per heavy atom. The highest BCUT2D eigenvalue weighted by Gasteiger charge is 2.60. The van der Waals surface area contributed by atoms with Gasteiger partial charge < -0.3 is 10.8 Å². The molecule has 0 fully saturated rings. The number of halogens is 3. The number of nitrogens with two attached hydrogens (primary N) is 1. The van der Waals surface area contributed by atoms with E-state index in [1.54, 1.807) is 0 Å². The van der Waals surface area contributed by atoms with Gasteiger partial charge in [0, 0.05) is 0 Å². The summed E-state index contributed by atoms with van der Waals surface area (Å²) in [7, 11) is 0. The van der Waals surface area contributed by atoms with Gasteiger partial charge in [0.2, 0.25) is 0 Å². The van der Waals surface area contributed by atoms with Crippen LogP contribution in [0.15, 0.2) is 0 Å². The van der Waals surface area contributed by atoms with Crippen molar-refractivity contribution in [1.29, 1.82) is 0 Å². The molecular formula is C7H12Cl2FN2O3S+. The topological polar surface area (TPSA) is 80.4 Å². The molecule has 0 aromatic rings. The van der Waals surface area contributed by atoms with Gasteiger partial charge in [-0.1, -0.05) is 3.89 Å². The monoisotopic (exact) mass is 293 g/mol.